The highest BCUT2D eigenvalue weighted by atomic mass is 16.5. The Morgan fingerprint density at radius 3 is 2.57 bits per heavy atom. The first-order valence-corrected chi connectivity index (χ1v) is 10.3. The summed E-state index contributed by atoms with van der Waals surface area (Å²) in [4.78, 5) is 13.1. The van der Waals surface area contributed by atoms with Crippen LogP contribution >= 0.6 is 0 Å². The molecule has 0 spiro atoms. The predicted octanol–water partition coefficient (Wildman–Crippen LogP) is 5.77. The summed E-state index contributed by atoms with van der Waals surface area (Å²) in [7, 11) is 1.68. The highest BCUT2D eigenvalue weighted by Gasteiger charge is 2.39. The van der Waals surface area contributed by atoms with Gasteiger partial charge in [0.1, 0.15) is 5.75 Å². The summed E-state index contributed by atoms with van der Waals surface area (Å²) in [5.74, 6) is 1.48. The molecule has 4 heteroatoms. The van der Waals surface area contributed by atoms with Crippen LogP contribution in [0.4, 0.5) is 11.4 Å². The number of methoxy groups -OCH3 is 1. The zero-order valence-electron chi connectivity index (χ0n) is 16.8. The maximum atomic E-state index is 13.1. The number of ether oxygens (including phenoxy) is 1. The quantitative estimate of drug-likeness (QED) is 0.550. The van der Waals surface area contributed by atoms with Crippen molar-refractivity contribution in [2.75, 3.05) is 17.7 Å². The molecule has 30 heavy (non-hydrogen) atoms. The average molecular weight is 396 g/mol. The van der Waals surface area contributed by atoms with Crippen LogP contribution in [0.5, 0.6) is 5.75 Å². The molecular weight excluding hydrogens is 372 g/mol. The second-order valence-corrected chi connectivity index (χ2v) is 7.84. The molecule has 4 nitrogen and oxygen atoms in total. The van der Waals surface area contributed by atoms with Gasteiger partial charge in [-0.15, -0.1) is 0 Å². The van der Waals surface area contributed by atoms with E-state index in [0.29, 0.717) is 17.4 Å². The van der Waals surface area contributed by atoms with Gasteiger partial charge in [0.05, 0.1) is 24.4 Å². The lowest BCUT2D eigenvalue weighted by atomic mass is 9.76. The summed E-state index contributed by atoms with van der Waals surface area (Å²) >= 11 is 0. The van der Waals surface area contributed by atoms with Crippen LogP contribution in [0.25, 0.3) is 0 Å². The summed E-state index contributed by atoms with van der Waals surface area (Å²) in [6.07, 6.45) is 5.58. The van der Waals surface area contributed by atoms with Crippen molar-refractivity contribution < 1.29 is 9.53 Å². The van der Waals surface area contributed by atoms with Gasteiger partial charge >= 0.3 is 0 Å². The van der Waals surface area contributed by atoms with Gasteiger partial charge in [0.25, 0.3) is 5.91 Å². The molecule has 0 bridgehead atoms. The van der Waals surface area contributed by atoms with E-state index in [0.717, 1.165) is 23.5 Å². The highest BCUT2D eigenvalue weighted by molar-refractivity contribution is 6.08. The van der Waals surface area contributed by atoms with Crippen molar-refractivity contribution in [1.29, 1.82) is 0 Å². The number of allylic oxidation sites excluding steroid dienone is 2. The molecule has 0 aromatic heterocycles. The molecule has 0 saturated carbocycles. The lowest BCUT2D eigenvalue weighted by molar-refractivity contribution is 0.102. The molecule has 0 saturated heterocycles. The molecule has 1 aliphatic heterocycles. The van der Waals surface area contributed by atoms with Crippen molar-refractivity contribution >= 4 is 17.3 Å². The van der Waals surface area contributed by atoms with Crippen LogP contribution in [0.1, 0.15) is 39.9 Å². The van der Waals surface area contributed by atoms with Crippen LogP contribution in [0.3, 0.4) is 0 Å². The number of anilines is 2. The molecule has 3 atom stereocenters. The van der Waals surface area contributed by atoms with Crippen LogP contribution in [0.15, 0.2) is 84.9 Å². The molecule has 1 aliphatic carbocycles. The van der Waals surface area contributed by atoms with E-state index >= 15 is 0 Å². The summed E-state index contributed by atoms with van der Waals surface area (Å²) in [5.41, 5.74) is 4.80. The van der Waals surface area contributed by atoms with Gasteiger partial charge in [-0.25, -0.2) is 0 Å². The van der Waals surface area contributed by atoms with Gasteiger partial charge in [0.2, 0.25) is 0 Å². The Balaban J connectivity index is 1.52. The van der Waals surface area contributed by atoms with Crippen molar-refractivity contribution in [1.82, 2.24) is 0 Å². The van der Waals surface area contributed by atoms with E-state index < -0.39 is 0 Å². The number of hydrogen-bond acceptors (Lipinski definition) is 3. The molecule has 1 amide bonds. The van der Waals surface area contributed by atoms with E-state index in [2.05, 4.69) is 41.0 Å². The Labute approximate surface area is 176 Å². The third-order valence-electron chi connectivity index (χ3n) is 6.15. The number of hydrogen-bond donors (Lipinski definition) is 2. The molecule has 0 fully saturated rings. The Morgan fingerprint density at radius 2 is 1.80 bits per heavy atom. The summed E-state index contributed by atoms with van der Waals surface area (Å²) < 4.78 is 5.32. The van der Waals surface area contributed by atoms with Crippen molar-refractivity contribution in [3.8, 4) is 5.75 Å². The van der Waals surface area contributed by atoms with Gasteiger partial charge in [0.15, 0.2) is 0 Å². The van der Waals surface area contributed by atoms with Crippen molar-refractivity contribution in [3.63, 3.8) is 0 Å². The fourth-order valence-electron chi connectivity index (χ4n) is 4.67. The molecule has 0 radical (unpaired) electrons. The normalized spacial score (nSPS) is 21.3. The van der Waals surface area contributed by atoms with Crippen molar-refractivity contribution in [2.24, 2.45) is 5.92 Å². The fourth-order valence-corrected chi connectivity index (χ4v) is 4.67. The van der Waals surface area contributed by atoms with E-state index in [1.807, 2.05) is 54.6 Å². The Hall–Kier alpha value is -3.53. The van der Waals surface area contributed by atoms with E-state index in [1.165, 1.54) is 11.1 Å². The number of amides is 1. The molecule has 3 aromatic rings. The van der Waals surface area contributed by atoms with Crippen LogP contribution in [-0.4, -0.2) is 13.0 Å². The van der Waals surface area contributed by atoms with Gasteiger partial charge < -0.3 is 15.4 Å². The smallest absolute Gasteiger partial charge is 0.257 e. The SMILES string of the molecule is COc1ccc(C2Nc3c(C(=O)Nc4ccccc4)cccc3C3C=CCC32)cc1. The second kappa shape index (κ2) is 7.71. The second-order valence-electron chi connectivity index (χ2n) is 7.84. The summed E-state index contributed by atoms with van der Waals surface area (Å²) in [6, 6.07) is 24.0. The third kappa shape index (κ3) is 3.24. The molecule has 2 N–H and O–H groups in total. The van der Waals surface area contributed by atoms with Crippen LogP contribution in [0, 0.1) is 5.92 Å². The van der Waals surface area contributed by atoms with E-state index in [-0.39, 0.29) is 11.9 Å². The minimum atomic E-state index is -0.0977. The molecule has 150 valence electrons. The maximum Gasteiger partial charge on any atom is 0.257 e. The predicted molar refractivity (Wildman–Crippen MR) is 120 cm³/mol. The molecule has 3 aromatic carbocycles. The van der Waals surface area contributed by atoms with Gasteiger partial charge in [-0.1, -0.05) is 54.6 Å². The maximum absolute atomic E-state index is 13.1. The first-order valence-electron chi connectivity index (χ1n) is 10.3. The number of carbonyl (C=O) groups excluding carboxylic acids is 1. The first kappa shape index (κ1) is 18.5. The van der Waals surface area contributed by atoms with Crippen molar-refractivity contribution in [2.45, 2.75) is 18.4 Å². The number of para-hydroxylation sites is 2. The fraction of sp³-hybridized carbons (Fsp3) is 0.192. The largest absolute Gasteiger partial charge is 0.497 e. The number of nitrogens with one attached hydrogen (secondary N) is 2. The first-order chi connectivity index (χ1) is 14.7. The van der Waals surface area contributed by atoms with Gasteiger partial charge in [-0.05, 0) is 53.8 Å². The number of rotatable bonds is 4. The monoisotopic (exact) mass is 396 g/mol. The third-order valence-corrected chi connectivity index (χ3v) is 6.15. The molecule has 5 rings (SSSR count). The zero-order valence-corrected chi connectivity index (χ0v) is 16.8. The van der Waals surface area contributed by atoms with Crippen molar-refractivity contribution in [3.05, 3.63) is 102 Å². The van der Waals surface area contributed by atoms with Gasteiger partial charge in [-0.2, -0.15) is 0 Å². The minimum absolute atomic E-state index is 0.0977. The average Bonchev–Trinajstić information content (AvgIpc) is 3.29. The van der Waals surface area contributed by atoms with E-state index in [9.17, 15) is 4.79 Å². The standard InChI is InChI=1S/C26H24N2O2/c1-30-19-15-13-17(14-16-19)24-21-10-5-9-20(21)22-11-6-12-23(25(22)28-24)26(29)27-18-7-3-2-4-8-18/h2-9,11-16,20-21,24,28H,10H2,1H3,(H,27,29). The Bertz CT molecular complexity index is 1090. The van der Waals surface area contributed by atoms with Gasteiger partial charge in [0, 0.05) is 11.6 Å². The van der Waals surface area contributed by atoms with Crippen LogP contribution in [-0.2, 0) is 0 Å². The summed E-state index contributed by atoms with van der Waals surface area (Å²) in [6.45, 7) is 0. The van der Waals surface area contributed by atoms with E-state index in [1.54, 1.807) is 7.11 Å². The molecule has 3 unspecified atom stereocenters. The Kier molecular flexibility index (Phi) is 4.75. The van der Waals surface area contributed by atoms with Crippen LogP contribution < -0.4 is 15.4 Å². The van der Waals surface area contributed by atoms with Gasteiger partial charge in [-0.3, -0.25) is 4.79 Å². The molecule has 1 heterocycles. The number of carbonyl (C=O) groups is 1. The topological polar surface area (TPSA) is 50.4 Å². The Morgan fingerprint density at radius 1 is 1.00 bits per heavy atom. The lowest BCUT2D eigenvalue weighted by Gasteiger charge is -2.38. The lowest BCUT2D eigenvalue weighted by Crippen LogP contribution is -2.30. The number of benzene rings is 3. The minimum Gasteiger partial charge on any atom is -0.497 e. The zero-order chi connectivity index (χ0) is 20.5. The highest BCUT2D eigenvalue weighted by Crippen LogP contribution is 2.50. The molecule has 2 aliphatic rings. The number of fused-ring (bicyclic) bond motifs is 3. The molecular formula is C26H24N2O2. The van der Waals surface area contributed by atoms with E-state index in [4.69, 9.17) is 4.74 Å². The van der Waals surface area contributed by atoms with Crippen LogP contribution in [0.2, 0.25) is 0 Å². The summed E-state index contributed by atoms with van der Waals surface area (Å²) in [5, 5.41) is 6.74.